The molecule has 0 saturated carbocycles. The standard InChI is InChI=1S/C14H19N9O2/c1-3-4-22(2)12-11-13(19-14(15)18-12)23(7-17-11)10-5-8(20-21-16)9(6-24)25-10/h3,7-10,24H,1,4-6H2,2H3,(H2,15,18,19)/t8?,9-,10-/m1/s1. The van der Waals surface area contributed by atoms with Crippen molar-refractivity contribution < 1.29 is 9.84 Å². The van der Waals surface area contributed by atoms with Crippen molar-refractivity contribution in [2.24, 2.45) is 5.11 Å². The van der Waals surface area contributed by atoms with Crippen molar-refractivity contribution in [1.29, 1.82) is 0 Å². The van der Waals surface area contributed by atoms with E-state index in [4.69, 9.17) is 16.0 Å². The zero-order valence-corrected chi connectivity index (χ0v) is 13.7. The molecular weight excluding hydrogens is 326 g/mol. The monoisotopic (exact) mass is 345 g/mol. The van der Waals surface area contributed by atoms with Crippen LogP contribution in [-0.4, -0.2) is 57.0 Å². The zero-order valence-electron chi connectivity index (χ0n) is 13.7. The first-order chi connectivity index (χ1) is 12.1. The second kappa shape index (κ2) is 6.93. The smallest absolute Gasteiger partial charge is 0.224 e. The highest BCUT2D eigenvalue weighted by molar-refractivity contribution is 5.84. The molecule has 0 spiro atoms. The van der Waals surface area contributed by atoms with Gasteiger partial charge in [0.1, 0.15) is 6.23 Å². The van der Waals surface area contributed by atoms with E-state index in [1.807, 2.05) is 11.9 Å². The van der Waals surface area contributed by atoms with Gasteiger partial charge in [-0.25, -0.2) is 4.98 Å². The molecule has 0 aliphatic carbocycles. The van der Waals surface area contributed by atoms with Gasteiger partial charge >= 0.3 is 0 Å². The van der Waals surface area contributed by atoms with E-state index in [-0.39, 0.29) is 12.6 Å². The fourth-order valence-corrected chi connectivity index (χ4v) is 2.91. The van der Waals surface area contributed by atoms with E-state index in [2.05, 4.69) is 31.6 Å². The molecule has 0 radical (unpaired) electrons. The number of anilines is 2. The molecule has 25 heavy (non-hydrogen) atoms. The van der Waals surface area contributed by atoms with Gasteiger partial charge in [0, 0.05) is 24.9 Å². The predicted octanol–water partition coefficient (Wildman–Crippen LogP) is 0.989. The minimum Gasteiger partial charge on any atom is -0.394 e. The van der Waals surface area contributed by atoms with Crippen LogP contribution in [-0.2, 0) is 4.74 Å². The molecule has 1 aliphatic heterocycles. The SMILES string of the molecule is C=CCN(C)c1nc(N)nc2c1ncn2[C@H]1CC(N=[N+]=[N-])[C@@H](CO)O1. The predicted molar refractivity (Wildman–Crippen MR) is 91.7 cm³/mol. The van der Waals surface area contributed by atoms with Crippen molar-refractivity contribution >= 4 is 22.9 Å². The van der Waals surface area contributed by atoms with Crippen LogP contribution in [0.2, 0.25) is 0 Å². The van der Waals surface area contributed by atoms with Crippen molar-refractivity contribution in [3.05, 3.63) is 29.4 Å². The fourth-order valence-electron chi connectivity index (χ4n) is 2.91. The third-order valence-corrected chi connectivity index (χ3v) is 4.08. The lowest BCUT2D eigenvalue weighted by molar-refractivity contribution is -0.0232. The Labute approximate surface area is 143 Å². The number of rotatable bonds is 6. The summed E-state index contributed by atoms with van der Waals surface area (Å²) in [5, 5.41) is 13.1. The second-order valence-electron chi connectivity index (χ2n) is 5.72. The van der Waals surface area contributed by atoms with Crippen molar-refractivity contribution in [1.82, 2.24) is 19.5 Å². The van der Waals surface area contributed by atoms with E-state index in [1.54, 1.807) is 17.0 Å². The Morgan fingerprint density at radius 2 is 2.44 bits per heavy atom. The van der Waals surface area contributed by atoms with E-state index in [1.165, 1.54) is 0 Å². The molecule has 0 amide bonds. The highest BCUT2D eigenvalue weighted by atomic mass is 16.5. The Hall–Kier alpha value is -2.88. The molecule has 2 aromatic heterocycles. The molecule has 1 fully saturated rings. The topological polar surface area (TPSA) is 151 Å². The number of likely N-dealkylation sites (N-methyl/N-ethyl adjacent to an activating group) is 1. The summed E-state index contributed by atoms with van der Waals surface area (Å²) >= 11 is 0. The van der Waals surface area contributed by atoms with Crippen LogP contribution in [0.4, 0.5) is 11.8 Å². The van der Waals surface area contributed by atoms with Gasteiger partial charge in [-0.15, -0.1) is 6.58 Å². The maximum absolute atomic E-state index is 9.42. The van der Waals surface area contributed by atoms with Crippen molar-refractivity contribution in [2.45, 2.75) is 24.8 Å². The molecule has 11 nitrogen and oxygen atoms in total. The second-order valence-corrected chi connectivity index (χ2v) is 5.72. The first-order valence-electron chi connectivity index (χ1n) is 7.71. The van der Waals surface area contributed by atoms with E-state index in [0.717, 1.165) is 0 Å². The number of imidazole rings is 1. The average molecular weight is 345 g/mol. The summed E-state index contributed by atoms with van der Waals surface area (Å²) in [6.45, 7) is 4.05. The van der Waals surface area contributed by atoms with Crippen LogP contribution in [0.5, 0.6) is 0 Å². The molecular formula is C14H19N9O2. The average Bonchev–Trinajstić information content (AvgIpc) is 3.18. The number of nitrogen functional groups attached to an aromatic ring is 1. The molecule has 1 saturated heterocycles. The van der Waals surface area contributed by atoms with Crippen LogP contribution < -0.4 is 10.6 Å². The summed E-state index contributed by atoms with van der Waals surface area (Å²) in [5.41, 5.74) is 15.6. The number of aliphatic hydroxyl groups is 1. The summed E-state index contributed by atoms with van der Waals surface area (Å²) in [4.78, 5) is 17.6. The van der Waals surface area contributed by atoms with Crippen molar-refractivity contribution in [3.8, 4) is 0 Å². The maximum atomic E-state index is 9.42. The quantitative estimate of drug-likeness (QED) is 0.343. The number of fused-ring (bicyclic) bond motifs is 1. The summed E-state index contributed by atoms with van der Waals surface area (Å²) < 4.78 is 7.51. The van der Waals surface area contributed by atoms with Gasteiger partial charge in [-0.3, -0.25) is 4.57 Å². The number of nitrogens with zero attached hydrogens (tertiary/aromatic N) is 8. The van der Waals surface area contributed by atoms with Gasteiger partial charge in [-0.05, 0) is 5.53 Å². The van der Waals surface area contributed by atoms with Crippen LogP contribution in [0.1, 0.15) is 12.6 Å². The zero-order chi connectivity index (χ0) is 18.0. The number of hydrogen-bond acceptors (Lipinski definition) is 8. The first kappa shape index (κ1) is 17.0. The fraction of sp³-hybridized carbons (Fsp3) is 0.500. The summed E-state index contributed by atoms with van der Waals surface area (Å²) in [6, 6.07) is -0.459. The molecule has 11 heteroatoms. The molecule has 0 bridgehead atoms. The van der Waals surface area contributed by atoms with E-state index < -0.39 is 18.4 Å². The van der Waals surface area contributed by atoms with Gasteiger partial charge in [-0.2, -0.15) is 9.97 Å². The molecule has 2 aromatic rings. The molecule has 0 aromatic carbocycles. The number of hydrogen-bond donors (Lipinski definition) is 2. The van der Waals surface area contributed by atoms with Gasteiger partial charge in [-0.1, -0.05) is 11.2 Å². The molecule has 3 atom stereocenters. The lowest BCUT2D eigenvalue weighted by Gasteiger charge is -2.17. The van der Waals surface area contributed by atoms with Crippen LogP contribution in [0.15, 0.2) is 24.1 Å². The Morgan fingerprint density at radius 1 is 1.64 bits per heavy atom. The van der Waals surface area contributed by atoms with Gasteiger partial charge in [0.05, 0.1) is 25.1 Å². The lowest BCUT2D eigenvalue weighted by atomic mass is 10.1. The van der Waals surface area contributed by atoms with Crippen LogP contribution in [0.3, 0.4) is 0 Å². The summed E-state index contributed by atoms with van der Waals surface area (Å²) in [5.74, 6) is 0.702. The van der Waals surface area contributed by atoms with Crippen LogP contribution in [0.25, 0.3) is 21.6 Å². The number of aromatic nitrogens is 4. The molecule has 1 aliphatic rings. The van der Waals surface area contributed by atoms with Crippen LogP contribution >= 0.6 is 0 Å². The van der Waals surface area contributed by atoms with Gasteiger partial charge in [0.2, 0.25) is 5.95 Å². The van der Waals surface area contributed by atoms with Gasteiger partial charge in [0.25, 0.3) is 0 Å². The summed E-state index contributed by atoms with van der Waals surface area (Å²) in [6.07, 6.45) is 2.70. The third kappa shape index (κ3) is 3.07. The van der Waals surface area contributed by atoms with Crippen molar-refractivity contribution in [3.63, 3.8) is 0 Å². The molecule has 1 unspecified atom stereocenters. The minimum absolute atomic E-state index is 0.114. The minimum atomic E-state index is -0.569. The molecule has 3 heterocycles. The Kier molecular flexibility index (Phi) is 4.70. The van der Waals surface area contributed by atoms with Gasteiger partial charge in [0.15, 0.2) is 17.0 Å². The molecule has 132 valence electrons. The Morgan fingerprint density at radius 3 is 3.12 bits per heavy atom. The maximum Gasteiger partial charge on any atom is 0.224 e. The number of ether oxygens (including phenoxy) is 1. The Balaban J connectivity index is 2.01. The van der Waals surface area contributed by atoms with E-state index >= 15 is 0 Å². The highest BCUT2D eigenvalue weighted by Crippen LogP contribution is 2.34. The van der Waals surface area contributed by atoms with E-state index in [0.29, 0.717) is 29.9 Å². The summed E-state index contributed by atoms with van der Waals surface area (Å²) in [7, 11) is 1.85. The highest BCUT2D eigenvalue weighted by Gasteiger charge is 2.36. The molecule has 3 rings (SSSR count). The Bertz CT molecular complexity index is 829. The number of aliphatic hydroxyl groups excluding tert-OH is 1. The van der Waals surface area contributed by atoms with E-state index in [9.17, 15) is 5.11 Å². The number of azide groups is 1. The largest absolute Gasteiger partial charge is 0.394 e. The lowest BCUT2D eigenvalue weighted by Crippen LogP contribution is -2.23. The number of nitrogens with two attached hydrogens (primary N) is 1. The van der Waals surface area contributed by atoms with Crippen molar-refractivity contribution in [2.75, 3.05) is 30.8 Å². The van der Waals surface area contributed by atoms with Crippen LogP contribution in [0, 0.1) is 0 Å². The third-order valence-electron chi connectivity index (χ3n) is 4.08. The normalized spacial score (nSPS) is 22.7. The molecule has 3 N–H and O–H groups in total. The van der Waals surface area contributed by atoms with Gasteiger partial charge < -0.3 is 20.5 Å². The first-order valence-corrected chi connectivity index (χ1v) is 7.71.